The Morgan fingerprint density at radius 2 is 2.25 bits per heavy atom. The van der Waals surface area contributed by atoms with Crippen molar-refractivity contribution in [1.82, 2.24) is 14.7 Å². The van der Waals surface area contributed by atoms with Gasteiger partial charge in [0.2, 0.25) is 5.91 Å². The highest BCUT2D eigenvalue weighted by molar-refractivity contribution is 7.98. The van der Waals surface area contributed by atoms with E-state index in [0.717, 1.165) is 38.2 Å². The topological polar surface area (TPSA) is 59.4 Å². The summed E-state index contributed by atoms with van der Waals surface area (Å²) >= 11 is 1.92. The second kappa shape index (κ2) is 8.87. The molecule has 1 N–H and O–H groups in total. The molecule has 2 saturated heterocycles. The van der Waals surface area contributed by atoms with Crippen molar-refractivity contribution in [3.63, 3.8) is 0 Å². The minimum absolute atomic E-state index is 0.0216. The molecule has 0 unspecified atom stereocenters. The molecule has 0 saturated carbocycles. The molecule has 3 heterocycles. The largest absolute Gasteiger partial charge is 0.381 e. The average molecular weight is 353 g/mol. The van der Waals surface area contributed by atoms with Gasteiger partial charge in [0.15, 0.2) is 0 Å². The van der Waals surface area contributed by atoms with Crippen LogP contribution in [0.4, 0.5) is 5.82 Å². The number of ether oxygens (including phenoxy) is 1. The van der Waals surface area contributed by atoms with Crippen LogP contribution < -0.4 is 5.32 Å². The number of hydrogen-bond acceptors (Lipinski definition) is 5. The Labute approximate surface area is 148 Å². The number of rotatable bonds is 7. The van der Waals surface area contributed by atoms with Crippen LogP contribution in [-0.4, -0.2) is 65.4 Å². The Bertz CT molecular complexity index is 522. The van der Waals surface area contributed by atoms with Gasteiger partial charge in [0, 0.05) is 25.8 Å². The van der Waals surface area contributed by atoms with Crippen molar-refractivity contribution in [1.29, 1.82) is 0 Å². The van der Waals surface area contributed by atoms with Crippen LogP contribution in [0.3, 0.4) is 0 Å². The number of piperidine rings is 1. The molecule has 134 valence electrons. The highest BCUT2D eigenvalue weighted by Gasteiger charge is 2.26. The summed E-state index contributed by atoms with van der Waals surface area (Å²) in [6, 6.07) is 2.28. The summed E-state index contributed by atoms with van der Waals surface area (Å²) in [6.45, 7) is 4.64. The Morgan fingerprint density at radius 1 is 1.42 bits per heavy atom. The predicted octanol–water partition coefficient (Wildman–Crippen LogP) is 2.25. The molecule has 0 radical (unpaired) electrons. The lowest BCUT2D eigenvalue weighted by Gasteiger charge is -2.32. The molecular weight excluding hydrogens is 324 g/mol. The van der Waals surface area contributed by atoms with E-state index < -0.39 is 0 Å². The number of amides is 1. The lowest BCUT2D eigenvalue weighted by Crippen LogP contribution is -2.36. The molecule has 7 heteroatoms. The van der Waals surface area contributed by atoms with E-state index in [4.69, 9.17) is 4.74 Å². The molecule has 1 aromatic heterocycles. The molecule has 1 atom stereocenters. The Hall–Kier alpha value is -1.05. The van der Waals surface area contributed by atoms with Gasteiger partial charge in [-0.2, -0.15) is 16.9 Å². The van der Waals surface area contributed by atoms with Crippen LogP contribution in [0.2, 0.25) is 0 Å². The van der Waals surface area contributed by atoms with Crippen LogP contribution in [0.5, 0.6) is 0 Å². The summed E-state index contributed by atoms with van der Waals surface area (Å²) in [5, 5.41) is 7.52. The number of nitrogens with one attached hydrogen (secondary N) is 1. The fraction of sp³-hybridized carbons (Fsp3) is 0.765. The highest BCUT2D eigenvalue weighted by atomic mass is 32.2. The molecule has 2 aliphatic rings. The van der Waals surface area contributed by atoms with E-state index in [1.807, 2.05) is 22.5 Å². The van der Waals surface area contributed by atoms with Gasteiger partial charge in [-0.1, -0.05) is 0 Å². The van der Waals surface area contributed by atoms with Crippen molar-refractivity contribution in [3.05, 3.63) is 12.3 Å². The van der Waals surface area contributed by atoms with E-state index in [2.05, 4.69) is 21.6 Å². The van der Waals surface area contributed by atoms with E-state index in [0.29, 0.717) is 19.3 Å². The van der Waals surface area contributed by atoms with Crippen LogP contribution in [0, 0.1) is 5.92 Å². The van der Waals surface area contributed by atoms with E-state index >= 15 is 0 Å². The van der Waals surface area contributed by atoms with Gasteiger partial charge in [0.05, 0.1) is 24.8 Å². The fourth-order valence-electron chi connectivity index (χ4n) is 3.49. The zero-order valence-corrected chi connectivity index (χ0v) is 15.3. The Morgan fingerprint density at radius 3 is 2.96 bits per heavy atom. The van der Waals surface area contributed by atoms with Gasteiger partial charge in [-0.3, -0.25) is 4.79 Å². The zero-order chi connectivity index (χ0) is 16.8. The van der Waals surface area contributed by atoms with Gasteiger partial charge < -0.3 is 15.0 Å². The van der Waals surface area contributed by atoms with Gasteiger partial charge >= 0.3 is 0 Å². The molecule has 0 bridgehead atoms. The second-order valence-electron chi connectivity index (χ2n) is 6.63. The van der Waals surface area contributed by atoms with Gasteiger partial charge in [-0.05, 0) is 44.2 Å². The minimum atomic E-state index is -0.0216. The summed E-state index contributed by atoms with van der Waals surface area (Å²) in [5.41, 5.74) is 0. The van der Waals surface area contributed by atoms with Crippen molar-refractivity contribution in [2.75, 3.05) is 50.2 Å². The van der Waals surface area contributed by atoms with Crippen LogP contribution in [0.15, 0.2) is 12.3 Å². The van der Waals surface area contributed by atoms with E-state index in [1.165, 1.54) is 18.7 Å². The maximum absolute atomic E-state index is 12.3. The van der Waals surface area contributed by atoms with E-state index in [-0.39, 0.29) is 11.8 Å². The number of likely N-dealkylation sites (tertiary alicyclic amines) is 1. The number of hydrogen-bond donors (Lipinski definition) is 1. The van der Waals surface area contributed by atoms with Crippen LogP contribution >= 0.6 is 11.8 Å². The predicted molar refractivity (Wildman–Crippen MR) is 97.5 cm³/mol. The fourth-order valence-corrected chi connectivity index (χ4v) is 3.91. The first-order valence-corrected chi connectivity index (χ1v) is 10.3. The smallest absolute Gasteiger partial charge is 0.231 e. The van der Waals surface area contributed by atoms with Gasteiger partial charge in [-0.25, -0.2) is 4.68 Å². The maximum atomic E-state index is 12.3. The first-order valence-electron chi connectivity index (χ1n) is 8.91. The molecule has 1 amide bonds. The third-order valence-corrected chi connectivity index (χ3v) is 5.64. The summed E-state index contributed by atoms with van der Waals surface area (Å²) in [5.74, 6) is 2.10. The second-order valence-corrected chi connectivity index (χ2v) is 7.62. The number of thioether (sulfide) groups is 1. The van der Waals surface area contributed by atoms with Crippen molar-refractivity contribution < 1.29 is 9.53 Å². The molecule has 0 aliphatic carbocycles. The Balaban J connectivity index is 1.51. The van der Waals surface area contributed by atoms with Gasteiger partial charge in [0.1, 0.15) is 5.82 Å². The maximum Gasteiger partial charge on any atom is 0.231 e. The highest BCUT2D eigenvalue weighted by Crippen LogP contribution is 2.26. The molecular formula is C17H28N4O2S. The number of aromatic nitrogens is 2. The third kappa shape index (κ3) is 4.52. The molecule has 0 spiro atoms. The van der Waals surface area contributed by atoms with Crippen molar-refractivity contribution >= 4 is 23.5 Å². The number of nitrogens with zero attached hydrogens (tertiary/aromatic N) is 3. The van der Waals surface area contributed by atoms with Gasteiger partial charge in [0.25, 0.3) is 0 Å². The number of carbonyl (C=O) groups is 1. The summed E-state index contributed by atoms with van der Waals surface area (Å²) in [4.78, 5) is 14.9. The van der Waals surface area contributed by atoms with Crippen LogP contribution in [0.25, 0.3) is 0 Å². The standard InChI is InChI=1S/C17H28N4O2S/c1-24-12-2-8-20-9-4-15(5-10-20)21-16(3-7-18-21)19-17(22)14-6-11-23-13-14/h3,7,14-15H,2,4-6,8-13H2,1H3,(H,19,22)/t14-/m1/s1. The molecule has 2 aliphatic heterocycles. The van der Waals surface area contributed by atoms with Crippen molar-refractivity contribution in [2.45, 2.75) is 31.7 Å². The molecule has 24 heavy (non-hydrogen) atoms. The lowest BCUT2D eigenvalue weighted by atomic mass is 10.0. The normalized spacial score (nSPS) is 22.8. The minimum Gasteiger partial charge on any atom is -0.381 e. The number of anilines is 1. The molecule has 1 aromatic rings. The van der Waals surface area contributed by atoms with E-state index in [9.17, 15) is 4.79 Å². The van der Waals surface area contributed by atoms with Gasteiger partial charge in [-0.15, -0.1) is 0 Å². The quantitative estimate of drug-likeness (QED) is 0.763. The summed E-state index contributed by atoms with van der Waals surface area (Å²) < 4.78 is 7.31. The third-order valence-electron chi connectivity index (χ3n) is 4.95. The number of carbonyl (C=O) groups excluding carboxylic acids is 1. The average Bonchev–Trinajstić information content (AvgIpc) is 3.27. The SMILES string of the molecule is CSCCCN1CCC(n2nccc2NC(=O)[C@@H]2CCOC2)CC1. The lowest BCUT2D eigenvalue weighted by molar-refractivity contribution is -0.119. The van der Waals surface area contributed by atoms with Crippen LogP contribution in [0.1, 0.15) is 31.7 Å². The van der Waals surface area contributed by atoms with E-state index in [1.54, 1.807) is 6.20 Å². The monoisotopic (exact) mass is 352 g/mol. The van der Waals surface area contributed by atoms with Crippen LogP contribution in [-0.2, 0) is 9.53 Å². The summed E-state index contributed by atoms with van der Waals surface area (Å²) in [7, 11) is 0. The first kappa shape index (κ1) is 17.8. The first-order chi connectivity index (χ1) is 11.8. The van der Waals surface area contributed by atoms with Crippen molar-refractivity contribution in [3.8, 4) is 0 Å². The molecule has 2 fully saturated rings. The van der Waals surface area contributed by atoms with Crippen molar-refractivity contribution in [2.24, 2.45) is 5.92 Å². The molecule has 3 rings (SSSR count). The Kier molecular flexibility index (Phi) is 6.57. The summed E-state index contributed by atoms with van der Waals surface area (Å²) in [6.07, 6.45) is 8.21. The molecule has 0 aromatic carbocycles. The molecule has 6 nitrogen and oxygen atoms in total. The zero-order valence-electron chi connectivity index (χ0n) is 14.4.